The number of thioether (sulfide) groups is 1. The summed E-state index contributed by atoms with van der Waals surface area (Å²) < 4.78 is 5.85. The van der Waals surface area contributed by atoms with E-state index in [0.717, 1.165) is 10.7 Å². The molecule has 2 heteroatoms. The minimum absolute atomic E-state index is 1.01. The Kier molecular flexibility index (Phi) is 11.7. The maximum Gasteiger partial charge on any atom is 0.161 e. The van der Waals surface area contributed by atoms with Gasteiger partial charge in [0.05, 0.1) is 0 Å². The molecule has 0 aliphatic rings. The zero-order valence-electron chi connectivity index (χ0n) is 16.8. The van der Waals surface area contributed by atoms with E-state index in [4.69, 9.17) is 4.42 Å². The normalized spacial score (nSPS) is 11.4. The van der Waals surface area contributed by atoms with Crippen molar-refractivity contribution in [3.05, 3.63) is 30.3 Å². The maximum atomic E-state index is 5.85. The van der Waals surface area contributed by atoms with Crippen LogP contribution in [0.15, 0.2) is 39.8 Å². The van der Waals surface area contributed by atoms with Crippen LogP contribution in [0.25, 0.3) is 11.0 Å². The van der Waals surface area contributed by atoms with Crippen LogP contribution in [-0.2, 0) is 0 Å². The largest absolute Gasteiger partial charge is 0.450 e. The minimum atomic E-state index is 1.01. The van der Waals surface area contributed by atoms with Crippen LogP contribution in [0.3, 0.4) is 0 Å². The summed E-state index contributed by atoms with van der Waals surface area (Å²) in [4.78, 5) is 0. The molecule has 1 nitrogen and oxygen atoms in total. The number of hydrogen-bond acceptors (Lipinski definition) is 2. The molecule has 0 spiro atoms. The second-order valence-electron chi connectivity index (χ2n) is 7.55. The molecule has 0 unspecified atom stereocenters. The van der Waals surface area contributed by atoms with Gasteiger partial charge in [0.2, 0.25) is 0 Å². The molecule has 0 saturated heterocycles. The van der Waals surface area contributed by atoms with E-state index in [1.807, 2.05) is 23.9 Å². The summed E-state index contributed by atoms with van der Waals surface area (Å²) in [5, 5.41) is 2.29. The lowest BCUT2D eigenvalue weighted by molar-refractivity contribution is 0.514. The molecule has 0 aliphatic heterocycles. The van der Waals surface area contributed by atoms with Gasteiger partial charge in [0, 0.05) is 11.1 Å². The fourth-order valence-corrected chi connectivity index (χ4v) is 4.41. The molecule has 2 aromatic rings. The number of para-hydroxylation sites is 1. The SMILES string of the molecule is CCCCCCCCCCCCCCCCSc1cc2ccccc2o1. The lowest BCUT2D eigenvalue weighted by Crippen LogP contribution is -1.84. The van der Waals surface area contributed by atoms with Gasteiger partial charge < -0.3 is 4.42 Å². The molecular formula is C24H38OS. The second kappa shape index (κ2) is 14.2. The predicted octanol–water partition coefficient (Wildman–Crippen LogP) is 9.01. The van der Waals surface area contributed by atoms with Crippen LogP contribution in [0.1, 0.15) is 96.8 Å². The lowest BCUT2D eigenvalue weighted by atomic mass is 10.0. The van der Waals surface area contributed by atoms with Crippen molar-refractivity contribution >= 4 is 22.7 Å². The summed E-state index contributed by atoms with van der Waals surface area (Å²) in [6, 6.07) is 10.4. The molecule has 26 heavy (non-hydrogen) atoms. The molecule has 0 bridgehead atoms. The highest BCUT2D eigenvalue weighted by molar-refractivity contribution is 7.99. The lowest BCUT2D eigenvalue weighted by Gasteiger charge is -2.03. The summed E-state index contributed by atoms with van der Waals surface area (Å²) >= 11 is 1.86. The Hall–Kier alpha value is -0.890. The van der Waals surface area contributed by atoms with Crippen molar-refractivity contribution in [1.29, 1.82) is 0 Å². The van der Waals surface area contributed by atoms with Crippen molar-refractivity contribution in [1.82, 2.24) is 0 Å². The smallest absolute Gasteiger partial charge is 0.161 e. The molecule has 0 fully saturated rings. The van der Waals surface area contributed by atoms with E-state index in [0.29, 0.717) is 0 Å². The first-order chi connectivity index (χ1) is 12.9. The van der Waals surface area contributed by atoms with Gasteiger partial charge in [0.1, 0.15) is 5.58 Å². The van der Waals surface area contributed by atoms with Gasteiger partial charge in [-0.3, -0.25) is 0 Å². The van der Waals surface area contributed by atoms with Gasteiger partial charge in [-0.2, -0.15) is 0 Å². The summed E-state index contributed by atoms with van der Waals surface area (Å²) in [7, 11) is 0. The topological polar surface area (TPSA) is 13.1 Å². The van der Waals surface area contributed by atoms with Crippen molar-refractivity contribution in [2.24, 2.45) is 0 Å². The predicted molar refractivity (Wildman–Crippen MR) is 117 cm³/mol. The minimum Gasteiger partial charge on any atom is -0.450 e. The third-order valence-electron chi connectivity index (χ3n) is 5.15. The summed E-state index contributed by atoms with van der Waals surface area (Å²) in [5.74, 6) is 1.18. The number of fused-ring (bicyclic) bond motifs is 1. The molecule has 0 saturated carbocycles. The highest BCUT2D eigenvalue weighted by atomic mass is 32.2. The first kappa shape index (κ1) is 21.4. The Bertz CT molecular complexity index is 541. The first-order valence-corrected chi connectivity index (χ1v) is 12.0. The van der Waals surface area contributed by atoms with Crippen molar-refractivity contribution in [2.75, 3.05) is 5.75 Å². The van der Waals surface area contributed by atoms with Crippen LogP contribution in [0.4, 0.5) is 0 Å². The molecule has 0 N–H and O–H groups in total. The van der Waals surface area contributed by atoms with Crippen molar-refractivity contribution in [2.45, 2.75) is 102 Å². The molecular weight excluding hydrogens is 336 g/mol. The fourth-order valence-electron chi connectivity index (χ4n) is 3.50. The van der Waals surface area contributed by atoms with E-state index in [1.54, 1.807) is 0 Å². The number of furan rings is 1. The molecule has 0 aliphatic carbocycles. The van der Waals surface area contributed by atoms with Gasteiger partial charge in [-0.15, -0.1) is 0 Å². The van der Waals surface area contributed by atoms with Crippen LogP contribution in [0.5, 0.6) is 0 Å². The number of hydrogen-bond donors (Lipinski definition) is 0. The van der Waals surface area contributed by atoms with Crippen LogP contribution in [0.2, 0.25) is 0 Å². The maximum absolute atomic E-state index is 5.85. The first-order valence-electron chi connectivity index (χ1n) is 11.0. The average Bonchev–Trinajstić information content (AvgIpc) is 3.07. The van der Waals surface area contributed by atoms with Crippen LogP contribution in [-0.4, -0.2) is 5.75 Å². The van der Waals surface area contributed by atoms with Crippen molar-refractivity contribution in [3.63, 3.8) is 0 Å². The molecule has 1 aromatic carbocycles. The van der Waals surface area contributed by atoms with E-state index in [9.17, 15) is 0 Å². The summed E-state index contributed by atoms with van der Waals surface area (Å²) in [6.45, 7) is 2.29. The quantitative estimate of drug-likeness (QED) is 0.215. The number of rotatable bonds is 16. The molecule has 0 amide bonds. The number of unbranched alkanes of at least 4 members (excludes halogenated alkanes) is 13. The van der Waals surface area contributed by atoms with Crippen LogP contribution in [0, 0.1) is 0 Å². The van der Waals surface area contributed by atoms with Gasteiger partial charge >= 0.3 is 0 Å². The van der Waals surface area contributed by atoms with Gasteiger partial charge in [0.15, 0.2) is 5.09 Å². The van der Waals surface area contributed by atoms with Gasteiger partial charge in [-0.25, -0.2) is 0 Å². The highest BCUT2D eigenvalue weighted by Crippen LogP contribution is 2.27. The van der Waals surface area contributed by atoms with E-state index in [2.05, 4.69) is 25.1 Å². The Morgan fingerprint density at radius 2 is 1.23 bits per heavy atom. The molecule has 2 rings (SSSR count). The van der Waals surface area contributed by atoms with Gasteiger partial charge in [0.25, 0.3) is 0 Å². The van der Waals surface area contributed by atoms with Crippen molar-refractivity contribution < 1.29 is 4.42 Å². The fraction of sp³-hybridized carbons (Fsp3) is 0.667. The van der Waals surface area contributed by atoms with E-state index in [-0.39, 0.29) is 0 Å². The zero-order valence-corrected chi connectivity index (χ0v) is 17.6. The monoisotopic (exact) mass is 374 g/mol. The van der Waals surface area contributed by atoms with Gasteiger partial charge in [-0.05, 0) is 18.6 Å². The van der Waals surface area contributed by atoms with Crippen LogP contribution < -0.4 is 0 Å². The van der Waals surface area contributed by atoms with Gasteiger partial charge in [-0.1, -0.05) is 120 Å². The standard InChI is InChI=1S/C24H38OS/c1-2-3-4-5-6-7-8-9-10-11-12-13-14-17-20-26-24-21-22-18-15-16-19-23(22)25-24/h15-16,18-19,21H,2-14,17,20H2,1H3. The van der Waals surface area contributed by atoms with Crippen molar-refractivity contribution in [3.8, 4) is 0 Å². The molecule has 146 valence electrons. The molecule has 0 radical (unpaired) electrons. The Labute approximate surface area is 165 Å². The highest BCUT2D eigenvalue weighted by Gasteiger charge is 2.03. The third-order valence-corrected chi connectivity index (χ3v) is 6.12. The van der Waals surface area contributed by atoms with E-state index < -0.39 is 0 Å². The molecule has 1 heterocycles. The number of benzene rings is 1. The Morgan fingerprint density at radius 1 is 0.692 bits per heavy atom. The Morgan fingerprint density at radius 3 is 1.81 bits per heavy atom. The molecule has 1 aromatic heterocycles. The summed E-state index contributed by atoms with van der Waals surface area (Å²) in [6.07, 6.45) is 19.9. The average molecular weight is 375 g/mol. The molecule has 0 atom stereocenters. The third kappa shape index (κ3) is 9.16. The zero-order chi connectivity index (χ0) is 18.3. The second-order valence-corrected chi connectivity index (χ2v) is 8.65. The van der Waals surface area contributed by atoms with E-state index >= 15 is 0 Å². The van der Waals surface area contributed by atoms with E-state index in [1.165, 1.54) is 101 Å². The summed E-state index contributed by atoms with van der Waals surface area (Å²) in [5.41, 5.74) is 1.01. The Balaban J connectivity index is 1.34. The van der Waals surface area contributed by atoms with Crippen LogP contribution >= 0.6 is 11.8 Å².